The van der Waals surface area contributed by atoms with Crippen molar-refractivity contribution in [1.82, 2.24) is 19.4 Å². The fourth-order valence-corrected chi connectivity index (χ4v) is 3.66. The average molecular weight is 342 g/mol. The second kappa shape index (κ2) is 7.37. The molecule has 1 N–H and O–H groups in total. The first kappa shape index (κ1) is 17.6. The van der Waals surface area contributed by atoms with Gasteiger partial charge in [-0.1, -0.05) is 37.3 Å². The van der Waals surface area contributed by atoms with Crippen LogP contribution in [0, 0.1) is 6.92 Å². The van der Waals surface area contributed by atoms with E-state index in [1.54, 1.807) is 0 Å². The molecule has 1 aliphatic heterocycles. The number of aliphatic carboxylic acids is 1. The van der Waals surface area contributed by atoms with E-state index in [4.69, 9.17) is 0 Å². The van der Waals surface area contributed by atoms with Gasteiger partial charge in [-0.25, -0.2) is 4.98 Å². The Kier molecular flexibility index (Phi) is 5.20. The van der Waals surface area contributed by atoms with E-state index < -0.39 is 12.0 Å². The molecule has 2 aromatic rings. The number of likely N-dealkylation sites (N-methyl/N-ethyl adjacent to an activating group) is 1. The minimum Gasteiger partial charge on any atom is -0.480 e. The van der Waals surface area contributed by atoms with Gasteiger partial charge < -0.3 is 14.6 Å². The highest BCUT2D eigenvalue weighted by molar-refractivity contribution is 5.76. The normalized spacial score (nSPS) is 17.6. The first-order valence-electron chi connectivity index (χ1n) is 8.80. The molecule has 0 spiro atoms. The second-order valence-electron chi connectivity index (χ2n) is 6.54. The van der Waals surface area contributed by atoms with Crippen molar-refractivity contribution in [3.8, 4) is 11.4 Å². The number of carboxylic acid groups (broad SMARTS) is 1. The highest BCUT2D eigenvalue weighted by atomic mass is 16.4. The zero-order chi connectivity index (χ0) is 18.0. The molecule has 1 unspecified atom stereocenters. The third-order valence-electron chi connectivity index (χ3n) is 5.07. The second-order valence-corrected chi connectivity index (χ2v) is 6.54. The molecule has 0 bridgehead atoms. The van der Waals surface area contributed by atoms with Crippen molar-refractivity contribution in [2.24, 2.45) is 7.05 Å². The molecule has 6 heteroatoms. The molecule has 0 saturated carbocycles. The number of aromatic nitrogens is 2. The molecule has 1 aromatic carbocycles. The standard InChI is InChI=1S/C19H26N4O2/c1-4-22-10-12-23(13-11-22)17(19(24)25)16-14(2)20-18(21(16)3)15-8-6-5-7-9-15/h5-9,17H,4,10-13H2,1-3H3,(H,24,25). The van der Waals surface area contributed by atoms with Crippen molar-refractivity contribution in [3.05, 3.63) is 41.7 Å². The summed E-state index contributed by atoms with van der Waals surface area (Å²) < 4.78 is 1.94. The van der Waals surface area contributed by atoms with E-state index in [0.29, 0.717) is 0 Å². The maximum Gasteiger partial charge on any atom is 0.327 e. The highest BCUT2D eigenvalue weighted by Crippen LogP contribution is 2.29. The van der Waals surface area contributed by atoms with Gasteiger partial charge in [0.05, 0.1) is 11.4 Å². The Morgan fingerprint density at radius 2 is 1.84 bits per heavy atom. The summed E-state index contributed by atoms with van der Waals surface area (Å²) in [5.41, 5.74) is 2.56. The van der Waals surface area contributed by atoms with Gasteiger partial charge in [-0.3, -0.25) is 9.69 Å². The lowest BCUT2D eigenvalue weighted by Gasteiger charge is -2.37. The number of hydrogen-bond acceptors (Lipinski definition) is 4. The van der Waals surface area contributed by atoms with Crippen molar-refractivity contribution >= 4 is 5.97 Å². The molecule has 0 amide bonds. The number of benzene rings is 1. The molecular formula is C19H26N4O2. The largest absolute Gasteiger partial charge is 0.480 e. The van der Waals surface area contributed by atoms with Crippen LogP contribution in [-0.4, -0.2) is 63.2 Å². The van der Waals surface area contributed by atoms with Gasteiger partial charge in [0.1, 0.15) is 5.82 Å². The van der Waals surface area contributed by atoms with Gasteiger partial charge in [-0.15, -0.1) is 0 Å². The summed E-state index contributed by atoms with van der Waals surface area (Å²) in [7, 11) is 1.91. The smallest absolute Gasteiger partial charge is 0.327 e. The monoisotopic (exact) mass is 342 g/mol. The van der Waals surface area contributed by atoms with Crippen LogP contribution < -0.4 is 0 Å². The number of carbonyl (C=O) groups is 1. The average Bonchev–Trinajstić information content (AvgIpc) is 2.91. The minimum atomic E-state index is -0.810. The summed E-state index contributed by atoms with van der Waals surface area (Å²) in [5.74, 6) is 0.00204. The van der Waals surface area contributed by atoms with Crippen molar-refractivity contribution < 1.29 is 9.90 Å². The van der Waals surface area contributed by atoms with Crippen molar-refractivity contribution in [3.63, 3.8) is 0 Å². The number of rotatable bonds is 5. The number of nitrogens with zero attached hydrogens (tertiary/aromatic N) is 4. The van der Waals surface area contributed by atoms with E-state index >= 15 is 0 Å². The molecule has 6 nitrogen and oxygen atoms in total. The summed E-state index contributed by atoms with van der Waals surface area (Å²) in [6, 6.07) is 9.25. The maximum absolute atomic E-state index is 12.1. The molecule has 0 radical (unpaired) electrons. The molecule has 1 atom stereocenters. The lowest BCUT2D eigenvalue weighted by molar-refractivity contribution is -0.144. The maximum atomic E-state index is 12.1. The van der Waals surface area contributed by atoms with Crippen LogP contribution in [0.25, 0.3) is 11.4 Å². The van der Waals surface area contributed by atoms with Gasteiger partial charge in [0.15, 0.2) is 6.04 Å². The highest BCUT2D eigenvalue weighted by Gasteiger charge is 2.34. The Morgan fingerprint density at radius 3 is 2.40 bits per heavy atom. The van der Waals surface area contributed by atoms with E-state index in [9.17, 15) is 9.90 Å². The molecule has 0 aliphatic carbocycles. The molecule has 134 valence electrons. The van der Waals surface area contributed by atoms with Gasteiger partial charge in [0.25, 0.3) is 0 Å². The summed E-state index contributed by atoms with van der Waals surface area (Å²) in [6.07, 6.45) is 0. The predicted molar refractivity (Wildman–Crippen MR) is 97.4 cm³/mol. The van der Waals surface area contributed by atoms with Crippen LogP contribution in [-0.2, 0) is 11.8 Å². The Bertz CT molecular complexity index is 733. The van der Waals surface area contributed by atoms with Gasteiger partial charge in [0.2, 0.25) is 0 Å². The van der Waals surface area contributed by atoms with E-state index in [0.717, 1.165) is 55.5 Å². The van der Waals surface area contributed by atoms with Crippen molar-refractivity contribution in [2.75, 3.05) is 32.7 Å². The first-order chi connectivity index (χ1) is 12.0. The molecule has 25 heavy (non-hydrogen) atoms. The van der Waals surface area contributed by atoms with Crippen LogP contribution >= 0.6 is 0 Å². The third-order valence-corrected chi connectivity index (χ3v) is 5.07. The number of hydrogen-bond donors (Lipinski definition) is 1. The quantitative estimate of drug-likeness (QED) is 0.902. The molecular weight excluding hydrogens is 316 g/mol. The van der Waals surface area contributed by atoms with E-state index in [1.807, 2.05) is 48.9 Å². The zero-order valence-electron chi connectivity index (χ0n) is 15.1. The minimum absolute atomic E-state index is 0.658. The number of imidazole rings is 1. The predicted octanol–water partition coefficient (Wildman–Crippen LogP) is 2.16. The van der Waals surface area contributed by atoms with E-state index in [1.165, 1.54) is 0 Å². The molecule has 1 saturated heterocycles. The van der Waals surface area contributed by atoms with Gasteiger partial charge >= 0.3 is 5.97 Å². The fourth-order valence-electron chi connectivity index (χ4n) is 3.66. The summed E-state index contributed by atoms with van der Waals surface area (Å²) in [6.45, 7) is 8.38. The SMILES string of the molecule is CCN1CCN(C(C(=O)O)c2c(C)nc(-c3ccccc3)n2C)CC1. The summed E-state index contributed by atoms with van der Waals surface area (Å²) in [4.78, 5) is 21.2. The van der Waals surface area contributed by atoms with Crippen LogP contribution in [0.5, 0.6) is 0 Å². The van der Waals surface area contributed by atoms with Crippen molar-refractivity contribution in [1.29, 1.82) is 0 Å². The van der Waals surface area contributed by atoms with Crippen LogP contribution in [0.3, 0.4) is 0 Å². The number of aryl methyl sites for hydroxylation is 1. The molecule has 1 aromatic heterocycles. The van der Waals surface area contributed by atoms with Crippen LogP contribution in [0.15, 0.2) is 30.3 Å². The zero-order valence-corrected chi connectivity index (χ0v) is 15.1. The van der Waals surface area contributed by atoms with Gasteiger partial charge in [-0.05, 0) is 13.5 Å². The summed E-state index contributed by atoms with van der Waals surface area (Å²) >= 11 is 0. The lowest BCUT2D eigenvalue weighted by atomic mass is 10.1. The number of carboxylic acids is 1. The van der Waals surface area contributed by atoms with E-state index in [-0.39, 0.29) is 0 Å². The Balaban J connectivity index is 1.95. The topological polar surface area (TPSA) is 61.6 Å². The Labute approximate surface area is 148 Å². The van der Waals surface area contributed by atoms with Crippen LogP contribution in [0.4, 0.5) is 0 Å². The molecule has 2 heterocycles. The van der Waals surface area contributed by atoms with Gasteiger partial charge in [0, 0.05) is 38.8 Å². The van der Waals surface area contributed by atoms with Crippen LogP contribution in [0.2, 0.25) is 0 Å². The first-order valence-corrected chi connectivity index (χ1v) is 8.80. The Hall–Kier alpha value is -2.18. The third kappa shape index (κ3) is 3.45. The summed E-state index contributed by atoms with van der Waals surface area (Å²) in [5, 5.41) is 9.93. The molecule has 3 rings (SSSR count). The van der Waals surface area contributed by atoms with E-state index in [2.05, 4.69) is 21.7 Å². The lowest BCUT2D eigenvalue weighted by Crippen LogP contribution is -2.49. The number of piperazine rings is 1. The fraction of sp³-hybridized carbons (Fsp3) is 0.474. The van der Waals surface area contributed by atoms with Gasteiger partial charge in [-0.2, -0.15) is 0 Å². The molecule has 1 aliphatic rings. The molecule has 1 fully saturated rings. The van der Waals surface area contributed by atoms with Crippen molar-refractivity contribution in [2.45, 2.75) is 19.9 Å². The Morgan fingerprint density at radius 1 is 1.20 bits per heavy atom. The van der Waals surface area contributed by atoms with Crippen LogP contribution in [0.1, 0.15) is 24.4 Å².